The number of rotatable bonds is 18. The number of amides is 6. The molecular weight excluding hydrogens is 682 g/mol. The third kappa shape index (κ3) is 11.8. The van der Waals surface area contributed by atoms with Crippen LogP contribution in [0.5, 0.6) is 0 Å². The van der Waals surface area contributed by atoms with Crippen molar-refractivity contribution in [3.05, 3.63) is 12.2 Å². The monoisotopic (exact) mass is 747 g/mol. The van der Waals surface area contributed by atoms with E-state index in [-0.39, 0.29) is 30.7 Å². The lowest BCUT2D eigenvalue weighted by Crippen LogP contribution is -2.62. The van der Waals surface area contributed by atoms with E-state index in [0.29, 0.717) is 18.8 Å². The Morgan fingerprint density at radius 3 is 2.11 bits per heavy atom. The average Bonchev–Trinajstić information content (AvgIpc) is 3.63. The molecule has 2 aliphatic heterocycles. The minimum Gasteiger partial charge on any atom is -0.460 e. The first kappa shape index (κ1) is 45.3. The number of unbranched alkanes of at least 4 members (excludes halogenated alkanes) is 1. The predicted molar refractivity (Wildman–Crippen MR) is 200 cm³/mol. The summed E-state index contributed by atoms with van der Waals surface area (Å²) in [7, 11) is 2.98. The van der Waals surface area contributed by atoms with Crippen LogP contribution in [0, 0.1) is 23.7 Å². The van der Waals surface area contributed by atoms with Gasteiger partial charge in [0.15, 0.2) is 0 Å². The Morgan fingerprint density at radius 2 is 1.60 bits per heavy atom. The van der Waals surface area contributed by atoms with Crippen molar-refractivity contribution in [2.75, 3.05) is 20.6 Å². The zero-order chi connectivity index (χ0) is 40.5. The molecule has 1 fully saturated rings. The highest BCUT2D eigenvalue weighted by atomic mass is 16.5. The molecule has 0 bridgehead atoms. The fourth-order valence-corrected chi connectivity index (χ4v) is 7.50. The normalized spacial score (nSPS) is 21.9. The van der Waals surface area contributed by atoms with Crippen molar-refractivity contribution in [2.45, 2.75) is 150 Å². The summed E-state index contributed by atoms with van der Waals surface area (Å²) < 4.78 is 5.41. The van der Waals surface area contributed by atoms with E-state index in [1.54, 1.807) is 33.9 Å². The van der Waals surface area contributed by atoms with E-state index in [1.165, 1.54) is 41.7 Å². The van der Waals surface area contributed by atoms with Gasteiger partial charge in [0, 0.05) is 46.0 Å². The molecule has 0 aliphatic carbocycles. The maximum Gasteiger partial charge on any atom is 0.302 e. The van der Waals surface area contributed by atoms with Crippen LogP contribution in [-0.4, -0.2) is 129 Å². The molecule has 2 aliphatic rings. The van der Waals surface area contributed by atoms with Gasteiger partial charge in [-0.1, -0.05) is 73.8 Å². The molecule has 2 heterocycles. The van der Waals surface area contributed by atoms with Crippen molar-refractivity contribution in [2.24, 2.45) is 23.7 Å². The highest BCUT2D eigenvalue weighted by Gasteiger charge is 2.48. The molecule has 0 aromatic carbocycles. The molecule has 14 nitrogen and oxygen atoms in total. The van der Waals surface area contributed by atoms with Crippen molar-refractivity contribution < 1.29 is 43.4 Å². The molecule has 0 aromatic heterocycles. The summed E-state index contributed by atoms with van der Waals surface area (Å²) in [5.74, 6) is -4.47. The maximum absolute atomic E-state index is 14.4. The van der Waals surface area contributed by atoms with Crippen molar-refractivity contribution in [1.29, 1.82) is 0 Å². The van der Waals surface area contributed by atoms with Crippen LogP contribution >= 0.6 is 0 Å². The molecule has 300 valence electrons. The quantitative estimate of drug-likeness (QED) is 0.158. The second kappa shape index (κ2) is 20.0. The molecule has 0 saturated carbocycles. The van der Waals surface area contributed by atoms with Crippen molar-refractivity contribution in [3.63, 3.8) is 0 Å². The fraction of sp³-hybridized carbons (Fsp3) is 0.769. The number of carbonyl (C=O) groups is 7. The van der Waals surface area contributed by atoms with Gasteiger partial charge in [-0.25, -0.2) is 0 Å². The molecule has 0 aromatic rings. The van der Waals surface area contributed by atoms with Gasteiger partial charge in [-0.05, 0) is 44.4 Å². The fourth-order valence-electron chi connectivity index (χ4n) is 7.50. The van der Waals surface area contributed by atoms with E-state index in [2.05, 4.69) is 19.2 Å². The van der Waals surface area contributed by atoms with Crippen LogP contribution in [0.4, 0.5) is 0 Å². The van der Waals surface area contributed by atoms with E-state index in [1.807, 2.05) is 20.8 Å². The van der Waals surface area contributed by atoms with Crippen LogP contribution < -0.4 is 5.32 Å². The van der Waals surface area contributed by atoms with Gasteiger partial charge in [0.05, 0.1) is 12.1 Å². The molecule has 1 saturated heterocycles. The summed E-state index contributed by atoms with van der Waals surface area (Å²) in [6.45, 7) is 17.5. The number of aliphatic hydroxyl groups is 1. The first-order valence-electron chi connectivity index (χ1n) is 19.2. The standard InChI is InChI=1S/C39H65N5O9/c1-13-14-15-24(6)19-25(7)36(49)41(11)30(18-22(2)3)35(48)40-33(27(9)53-28(10)45)38(51)42(12)34(23(4)5)39(52)43-21-29(46)20-31(43)37(50)44-26(8)16-17-32(44)47/h16-17,22-27,29-31,33-34,46H,13-15,18-21H2,1-12H3,(H,40,48)/t24-,25-,26+,27?,29+,30+,31+,33+,34+/m1/s1. The van der Waals surface area contributed by atoms with Gasteiger partial charge in [-0.2, -0.15) is 0 Å². The maximum atomic E-state index is 14.4. The lowest BCUT2D eigenvalue weighted by Gasteiger charge is -2.38. The van der Waals surface area contributed by atoms with Gasteiger partial charge in [0.1, 0.15) is 30.3 Å². The van der Waals surface area contributed by atoms with E-state index in [9.17, 15) is 38.7 Å². The predicted octanol–water partition coefficient (Wildman–Crippen LogP) is 2.91. The number of likely N-dealkylation sites (tertiary alicyclic amines) is 1. The molecule has 2 rings (SSSR count). The summed E-state index contributed by atoms with van der Waals surface area (Å²) in [5.41, 5.74) is 0. The summed E-state index contributed by atoms with van der Waals surface area (Å²) in [4.78, 5) is 99.5. The van der Waals surface area contributed by atoms with Crippen LogP contribution in [0.3, 0.4) is 0 Å². The lowest BCUT2D eigenvalue weighted by molar-refractivity contribution is -0.157. The number of β-amino-alcohol motifs (C(OH)–C–C–N with tert-alkyl or cyclic N) is 1. The molecule has 9 atom stereocenters. The Morgan fingerprint density at radius 1 is 0.981 bits per heavy atom. The van der Waals surface area contributed by atoms with E-state index < -0.39 is 83.8 Å². The van der Waals surface area contributed by atoms with Gasteiger partial charge in [-0.3, -0.25) is 38.5 Å². The highest BCUT2D eigenvalue weighted by Crippen LogP contribution is 2.27. The highest BCUT2D eigenvalue weighted by molar-refractivity contribution is 6.06. The lowest BCUT2D eigenvalue weighted by atomic mass is 9.91. The molecule has 14 heteroatoms. The van der Waals surface area contributed by atoms with E-state index in [0.717, 1.165) is 24.2 Å². The molecule has 0 radical (unpaired) electrons. The summed E-state index contributed by atoms with van der Waals surface area (Å²) >= 11 is 0. The second-order valence-corrected chi connectivity index (χ2v) is 16.0. The van der Waals surface area contributed by atoms with Crippen LogP contribution in [0.1, 0.15) is 108 Å². The number of nitrogens with zero attached hydrogens (tertiary/aromatic N) is 4. The largest absolute Gasteiger partial charge is 0.460 e. The van der Waals surface area contributed by atoms with Crippen LogP contribution in [0.2, 0.25) is 0 Å². The number of hydrogen-bond donors (Lipinski definition) is 2. The third-order valence-corrected chi connectivity index (χ3v) is 10.3. The second-order valence-electron chi connectivity index (χ2n) is 16.0. The first-order valence-corrected chi connectivity index (χ1v) is 19.2. The number of carbonyl (C=O) groups excluding carboxylic acids is 7. The Hall–Kier alpha value is -3.81. The SMILES string of the molecule is CCCC[C@@H](C)C[C@@H](C)C(=O)N(C)[C@@H](CC(C)C)C(=O)N[C@H](C(=O)N(C)[C@H](C(=O)N1C[C@@H](O)C[C@H]1C(=O)N1C(=O)C=C[C@@H]1C)C(C)C)C(C)OC(C)=O. The van der Waals surface area contributed by atoms with Crippen LogP contribution in [0.25, 0.3) is 0 Å². The number of ether oxygens (including phenoxy) is 1. The number of hydrogen-bond acceptors (Lipinski definition) is 9. The zero-order valence-corrected chi connectivity index (χ0v) is 34.0. The smallest absolute Gasteiger partial charge is 0.302 e. The average molecular weight is 748 g/mol. The zero-order valence-electron chi connectivity index (χ0n) is 34.0. The Labute approximate surface area is 316 Å². The van der Waals surface area contributed by atoms with E-state index in [4.69, 9.17) is 4.74 Å². The molecule has 6 amide bonds. The van der Waals surface area contributed by atoms with Gasteiger partial charge in [-0.15, -0.1) is 0 Å². The minimum atomic E-state index is -1.44. The third-order valence-electron chi connectivity index (χ3n) is 10.3. The van der Waals surface area contributed by atoms with Crippen molar-refractivity contribution >= 4 is 41.4 Å². The van der Waals surface area contributed by atoms with E-state index >= 15 is 0 Å². The number of nitrogens with one attached hydrogen (secondary N) is 1. The summed E-state index contributed by atoms with van der Waals surface area (Å²) in [6.07, 6.45) is 4.71. The van der Waals surface area contributed by atoms with Gasteiger partial charge >= 0.3 is 5.97 Å². The number of likely N-dealkylation sites (N-methyl/N-ethyl adjacent to an activating group) is 2. The van der Waals surface area contributed by atoms with Gasteiger partial charge < -0.3 is 29.9 Å². The molecule has 1 unspecified atom stereocenters. The Kier molecular flexibility index (Phi) is 17.1. The van der Waals surface area contributed by atoms with Gasteiger partial charge in [0.2, 0.25) is 23.6 Å². The first-order chi connectivity index (χ1) is 24.6. The number of imide groups is 1. The minimum absolute atomic E-state index is 0.00605. The van der Waals surface area contributed by atoms with Crippen molar-refractivity contribution in [1.82, 2.24) is 24.9 Å². The number of aliphatic hydroxyl groups excluding tert-OH is 1. The Balaban J connectivity index is 2.41. The summed E-state index contributed by atoms with van der Waals surface area (Å²) in [5, 5.41) is 13.4. The Bertz CT molecular complexity index is 1370. The summed E-state index contributed by atoms with van der Waals surface area (Å²) in [6, 6.07) is -5.19. The number of esters is 1. The van der Waals surface area contributed by atoms with Gasteiger partial charge in [0.25, 0.3) is 11.8 Å². The molecule has 53 heavy (non-hydrogen) atoms. The molecular formula is C39H65N5O9. The topological polar surface area (TPSA) is 174 Å². The molecule has 2 N–H and O–H groups in total. The van der Waals surface area contributed by atoms with Crippen molar-refractivity contribution in [3.8, 4) is 0 Å². The molecule has 0 spiro atoms. The van der Waals surface area contributed by atoms with Crippen LogP contribution in [-0.2, 0) is 38.3 Å². The van der Waals surface area contributed by atoms with Crippen LogP contribution in [0.15, 0.2) is 12.2 Å².